The number of hydrogen-bond acceptors (Lipinski definition) is 5. The van der Waals surface area contributed by atoms with Crippen molar-refractivity contribution in [3.8, 4) is 5.75 Å². The third-order valence-electron chi connectivity index (χ3n) is 3.04. The van der Waals surface area contributed by atoms with Gasteiger partial charge in [0.15, 0.2) is 0 Å². The molecule has 21 heavy (non-hydrogen) atoms. The summed E-state index contributed by atoms with van der Waals surface area (Å²) in [4.78, 5) is 4.30. The summed E-state index contributed by atoms with van der Waals surface area (Å²) < 4.78 is 23.0. The molecule has 7 heteroatoms. The van der Waals surface area contributed by atoms with E-state index in [1.54, 1.807) is 31.2 Å². The van der Waals surface area contributed by atoms with Crippen molar-refractivity contribution in [1.29, 1.82) is 0 Å². The molecule has 6 nitrogen and oxygen atoms in total. The fraction of sp³-hybridized carbons (Fsp3) is 0.214. The first-order valence-corrected chi connectivity index (χ1v) is 7.85. The Bertz CT molecular complexity index is 773. The van der Waals surface area contributed by atoms with E-state index in [4.69, 9.17) is 5.14 Å². The SMILES string of the molecule is Cc1ccc(O)c(CNc2ccc(C)c(S(N)(=O)=O)c2)n1. The van der Waals surface area contributed by atoms with E-state index in [0.717, 1.165) is 5.69 Å². The van der Waals surface area contributed by atoms with Crippen LogP contribution in [-0.4, -0.2) is 18.5 Å². The zero-order valence-electron chi connectivity index (χ0n) is 11.8. The van der Waals surface area contributed by atoms with Crippen LogP contribution in [0.2, 0.25) is 0 Å². The van der Waals surface area contributed by atoms with Crippen LogP contribution >= 0.6 is 0 Å². The molecule has 0 aliphatic rings. The fourth-order valence-electron chi connectivity index (χ4n) is 1.94. The molecule has 1 aromatic heterocycles. The zero-order valence-corrected chi connectivity index (χ0v) is 12.6. The van der Waals surface area contributed by atoms with Crippen LogP contribution in [-0.2, 0) is 16.6 Å². The van der Waals surface area contributed by atoms with Crippen LogP contribution in [0.25, 0.3) is 0 Å². The van der Waals surface area contributed by atoms with Crippen molar-refractivity contribution in [1.82, 2.24) is 4.98 Å². The van der Waals surface area contributed by atoms with E-state index in [-0.39, 0.29) is 17.2 Å². The van der Waals surface area contributed by atoms with Gasteiger partial charge in [0.25, 0.3) is 0 Å². The standard InChI is InChI=1S/C14H17N3O3S/c1-9-3-5-11(7-14(9)21(15,19)20)16-8-12-13(18)6-4-10(2)17-12/h3-7,16,18H,8H2,1-2H3,(H2,15,19,20). The average molecular weight is 307 g/mol. The van der Waals surface area contributed by atoms with Crippen LogP contribution in [0, 0.1) is 13.8 Å². The van der Waals surface area contributed by atoms with E-state index in [2.05, 4.69) is 10.3 Å². The number of nitrogens with two attached hydrogens (primary N) is 1. The number of nitrogens with one attached hydrogen (secondary N) is 1. The normalized spacial score (nSPS) is 11.4. The summed E-state index contributed by atoms with van der Waals surface area (Å²) in [7, 11) is -3.76. The molecule has 2 aromatic rings. The van der Waals surface area contributed by atoms with Crippen molar-refractivity contribution in [2.45, 2.75) is 25.3 Å². The molecule has 0 unspecified atom stereocenters. The molecular formula is C14H17N3O3S. The predicted octanol–water partition coefficient (Wildman–Crippen LogP) is 1.66. The van der Waals surface area contributed by atoms with Crippen LogP contribution in [0.15, 0.2) is 35.2 Å². The van der Waals surface area contributed by atoms with Gasteiger partial charge in [0.2, 0.25) is 10.0 Å². The molecule has 0 spiro atoms. The van der Waals surface area contributed by atoms with Crippen molar-refractivity contribution in [2.24, 2.45) is 5.14 Å². The van der Waals surface area contributed by atoms with Gasteiger partial charge in [-0.25, -0.2) is 13.6 Å². The van der Waals surface area contributed by atoms with E-state index < -0.39 is 10.0 Å². The van der Waals surface area contributed by atoms with Gasteiger partial charge in [0.1, 0.15) is 11.4 Å². The Balaban J connectivity index is 2.23. The van der Waals surface area contributed by atoms with Crippen molar-refractivity contribution in [2.75, 3.05) is 5.32 Å². The summed E-state index contributed by atoms with van der Waals surface area (Å²) in [6.45, 7) is 3.78. The van der Waals surface area contributed by atoms with Crippen molar-refractivity contribution < 1.29 is 13.5 Å². The summed E-state index contributed by atoms with van der Waals surface area (Å²) in [6, 6.07) is 8.17. The first kappa shape index (κ1) is 15.3. The molecule has 0 aliphatic heterocycles. The maximum atomic E-state index is 11.5. The van der Waals surface area contributed by atoms with Gasteiger partial charge in [-0.15, -0.1) is 0 Å². The molecule has 112 valence electrons. The minimum absolute atomic E-state index is 0.0777. The number of primary sulfonamides is 1. The number of anilines is 1. The molecule has 2 rings (SSSR count). The lowest BCUT2D eigenvalue weighted by Crippen LogP contribution is -2.14. The van der Waals surface area contributed by atoms with Crippen LogP contribution < -0.4 is 10.5 Å². The molecule has 0 atom stereocenters. The van der Waals surface area contributed by atoms with Crippen LogP contribution in [0.3, 0.4) is 0 Å². The van der Waals surface area contributed by atoms with E-state index in [0.29, 0.717) is 16.9 Å². The fourth-order valence-corrected chi connectivity index (χ4v) is 2.74. The third kappa shape index (κ3) is 3.71. The molecule has 0 aliphatic carbocycles. The van der Waals surface area contributed by atoms with Crippen molar-refractivity contribution >= 4 is 15.7 Å². The van der Waals surface area contributed by atoms with Gasteiger partial charge in [0, 0.05) is 11.4 Å². The summed E-state index contributed by atoms with van der Waals surface area (Å²) >= 11 is 0. The second-order valence-electron chi connectivity index (χ2n) is 4.80. The summed E-state index contributed by atoms with van der Waals surface area (Å²) in [5.41, 5.74) is 2.46. The minimum atomic E-state index is -3.76. The first-order chi connectivity index (χ1) is 9.77. The molecule has 0 saturated heterocycles. The van der Waals surface area contributed by atoms with Gasteiger partial charge in [-0.1, -0.05) is 6.07 Å². The average Bonchev–Trinajstić information content (AvgIpc) is 2.40. The van der Waals surface area contributed by atoms with Crippen LogP contribution in [0.4, 0.5) is 5.69 Å². The summed E-state index contributed by atoms with van der Waals surface area (Å²) in [6.07, 6.45) is 0. The first-order valence-electron chi connectivity index (χ1n) is 6.30. The molecule has 0 saturated carbocycles. The number of benzene rings is 1. The Morgan fingerprint density at radius 3 is 2.62 bits per heavy atom. The minimum Gasteiger partial charge on any atom is -0.506 e. The summed E-state index contributed by atoms with van der Waals surface area (Å²) in [5.74, 6) is 0.0897. The van der Waals surface area contributed by atoms with Gasteiger partial charge < -0.3 is 10.4 Å². The maximum absolute atomic E-state index is 11.5. The van der Waals surface area contributed by atoms with Gasteiger partial charge >= 0.3 is 0 Å². The largest absolute Gasteiger partial charge is 0.506 e. The summed E-state index contributed by atoms with van der Waals surface area (Å²) in [5, 5.41) is 17.9. The quantitative estimate of drug-likeness (QED) is 0.796. The highest BCUT2D eigenvalue weighted by Crippen LogP contribution is 2.21. The third-order valence-corrected chi connectivity index (χ3v) is 4.10. The highest BCUT2D eigenvalue weighted by molar-refractivity contribution is 7.89. The molecule has 1 heterocycles. The van der Waals surface area contributed by atoms with Crippen molar-refractivity contribution in [3.63, 3.8) is 0 Å². The second kappa shape index (κ2) is 5.71. The second-order valence-corrected chi connectivity index (χ2v) is 6.33. The molecule has 4 N–H and O–H groups in total. The zero-order chi connectivity index (χ0) is 15.6. The topological polar surface area (TPSA) is 105 Å². The maximum Gasteiger partial charge on any atom is 0.238 e. The van der Waals surface area contributed by atoms with Crippen LogP contribution in [0.1, 0.15) is 17.0 Å². The number of aryl methyl sites for hydroxylation is 2. The predicted molar refractivity (Wildman–Crippen MR) is 80.5 cm³/mol. The lowest BCUT2D eigenvalue weighted by atomic mass is 10.2. The highest BCUT2D eigenvalue weighted by Gasteiger charge is 2.12. The Morgan fingerprint density at radius 2 is 1.95 bits per heavy atom. The Kier molecular flexibility index (Phi) is 4.15. The highest BCUT2D eigenvalue weighted by atomic mass is 32.2. The van der Waals surface area contributed by atoms with Crippen molar-refractivity contribution in [3.05, 3.63) is 47.3 Å². The Labute approximate surface area is 123 Å². The molecule has 0 bridgehead atoms. The molecule has 0 radical (unpaired) electrons. The number of aromatic hydroxyl groups is 1. The Morgan fingerprint density at radius 1 is 1.24 bits per heavy atom. The molecule has 0 amide bonds. The lowest BCUT2D eigenvalue weighted by Gasteiger charge is -2.10. The number of aromatic nitrogens is 1. The molecule has 1 aromatic carbocycles. The van der Waals surface area contributed by atoms with Gasteiger partial charge in [-0.2, -0.15) is 0 Å². The van der Waals surface area contributed by atoms with Crippen LogP contribution in [0.5, 0.6) is 5.75 Å². The number of nitrogens with zero attached hydrogens (tertiary/aromatic N) is 1. The van der Waals surface area contributed by atoms with E-state index in [1.165, 1.54) is 6.07 Å². The monoisotopic (exact) mass is 307 g/mol. The van der Waals surface area contributed by atoms with Gasteiger partial charge in [-0.3, -0.25) is 4.98 Å². The number of rotatable bonds is 4. The van der Waals surface area contributed by atoms with E-state index >= 15 is 0 Å². The van der Waals surface area contributed by atoms with Gasteiger partial charge in [0.05, 0.1) is 11.4 Å². The number of hydrogen-bond donors (Lipinski definition) is 3. The molecular weight excluding hydrogens is 290 g/mol. The van der Waals surface area contributed by atoms with E-state index in [9.17, 15) is 13.5 Å². The molecule has 0 fully saturated rings. The van der Waals surface area contributed by atoms with E-state index in [1.807, 2.05) is 6.92 Å². The van der Waals surface area contributed by atoms with Gasteiger partial charge in [-0.05, 0) is 43.7 Å². The number of sulfonamides is 1. The Hall–Kier alpha value is -2.12. The lowest BCUT2D eigenvalue weighted by molar-refractivity contribution is 0.464. The smallest absolute Gasteiger partial charge is 0.238 e. The number of pyridine rings is 1.